The lowest BCUT2D eigenvalue weighted by molar-refractivity contribution is 0.176. The summed E-state index contributed by atoms with van der Waals surface area (Å²) in [4.78, 5) is 31.2. The van der Waals surface area contributed by atoms with E-state index in [1.165, 1.54) is 24.5 Å². The Balaban J connectivity index is 1.44. The monoisotopic (exact) mass is 477 g/mol. The molecule has 1 aliphatic rings. The van der Waals surface area contributed by atoms with Gasteiger partial charge in [0.2, 0.25) is 5.95 Å². The summed E-state index contributed by atoms with van der Waals surface area (Å²) < 4.78 is 13.8. The molecule has 0 saturated carbocycles. The minimum Gasteiger partial charge on any atom is -0.394 e. The van der Waals surface area contributed by atoms with Gasteiger partial charge in [0, 0.05) is 12.7 Å². The molecule has 4 rings (SSSR count). The first-order chi connectivity index (χ1) is 15.4. The number of hydrogen-bond acceptors (Lipinski definition) is 7. The molecule has 1 aromatic carbocycles. The van der Waals surface area contributed by atoms with Gasteiger partial charge in [0.25, 0.3) is 0 Å². The number of urea groups is 1. The van der Waals surface area contributed by atoms with E-state index in [-0.39, 0.29) is 16.7 Å². The van der Waals surface area contributed by atoms with Crippen LogP contribution in [0, 0.1) is 5.82 Å². The molecule has 9 nitrogen and oxygen atoms in total. The molecule has 0 fully saturated rings. The molecule has 3 N–H and O–H groups in total. The Morgan fingerprint density at radius 2 is 2.06 bits per heavy atom. The maximum absolute atomic E-state index is 13.8. The zero-order valence-corrected chi connectivity index (χ0v) is 18.1. The smallest absolute Gasteiger partial charge is 0.318 e. The quantitative estimate of drug-likeness (QED) is 0.516. The second-order valence-corrected chi connectivity index (χ2v) is 7.84. The highest BCUT2D eigenvalue weighted by Gasteiger charge is 2.25. The molecule has 3 aromatic rings. The summed E-state index contributed by atoms with van der Waals surface area (Å²) >= 11 is 11.5. The van der Waals surface area contributed by atoms with Crippen LogP contribution in [-0.4, -0.2) is 49.1 Å². The van der Waals surface area contributed by atoms with Crippen LogP contribution in [0.15, 0.2) is 36.8 Å². The molecule has 32 heavy (non-hydrogen) atoms. The zero-order valence-electron chi connectivity index (χ0n) is 16.6. The summed E-state index contributed by atoms with van der Waals surface area (Å²) in [6, 6.07) is 2.96. The van der Waals surface area contributed by atoms with E-state index in [4.69, 9.17) is 23.2 Å². The van der Waals surface area contributed by atoms with Gasteiger partial charge < -0.3 is 20.6 Å². The van der Waals surface area contributed by atoms with Crippen LogP contribution in [0.5, 0.6) is 0 Å². The average Bonchev–Trinajstić information content (AvgIpc) is 2.80. The number of fused-ring (bicyclic) bond motifs is 1. The fourth-order valence-corrected chi connectivity index (χ4v) is 3.45. The van der Waals surface area contributed by atoms with Gasteiger partial charge in [-0.3, -0.25) is 0 Å². The highest BCUT2D eigenvalue weighted by Crippen LogP contribution is 2.22. The Morgan fingerprint density at radius 1 is 1.22 bits per heavy atom. The zero-order chi connectivity index (χ0) is 22.7. The average molecular weight is 478 g/mol. The fraction of sp³-hybridized carbons (Fsp3) is 0.250. The van der Waals surface area contributed by atoms with E-state index < -0.39 is 24.5 Å². The number of aliphatic hydroxyl groups excluding tert-OH is 1. The van der Waals surface area contributed by atoms with E-state index >= 15 is 0 Å². The van der Waals surface area contributed by atoms with Crippen LogP contribution in [0.1, 0.15) is 22.9 Å². The van der Waals surface area contributed by atoms with E-state index in [9.17, 15) is 14.3 Å². The van der Waals surface area contributed by atoms with Crippen LogP contribution in [-0.2, 0) is 13.0 Å². The van der Waals surface area contributed by atoms with Crippen LogP contribution in [0.25, 0.3) is 0 Å². The highest BCUT2D eigenvalue weighted by atomic mass is 35.5. The van der Waals surface area contributed by atoms with E-state index in [0.29, 0.717) is 36.0 Å². The number of nitrogens with one attached hydrogen (secondary N) is 2. The molecule has 0 saturated heterocycles. The number of aliphatic hydroxyl groups is 1. The van der Waals surface area contributed by atoms with Gasteiger partial charge in [-0.05, 0) is 29.7 Å². The maximum atomic E-state index is 13.8. The molecule has 0 unspecified atom stereocenters. The number of aromatic nitrogens is 4. The first-order valence-electron chi connectivity index (χ1n) is 9.63. The van der Waals surface area contributed by atoms with Crippen LogP contribution >= 0.6 is 23.2 Å². The molecule has 2 aromatic heterocycles. The van der Waals surface area contributed by atoms with Crippen LogP contribution in [0.4, 0.5) is 21.0 Å². The van der Waals surface area contributed by atoms with E-state index in [1.807, 2.05) is 0 Å². The fourth-order valence-electron chi connectivity index (χ4n) is 3.23. The van der Waals surface area contributed by atoms with Gasteiger partial charge in [-0.25, -0.2) is 29.1 Å². The number of hydrogen-bond donors (Lipinski definition) is 3. The number of benzene rings is 1. The third kappa shape index (κ3) is 5.04. The molecule has 166 valence electrons. The number of carbonyl (C=O) groups excluding carboxylic acids is 1. The van der Waals surface area contributed by atoms with Crippen molar-refractivity contribution in [3.05, 3.63) is 69.6 Å². The van der Waals surface area contributed by atoms with Crippen LogP contribution in [0.3, 0.4) is 0 Å². The van der Waals surface area contributed by atoms with Crippen molar-refractivity contribution in [2.75, 3.05) is 18.5 Å². The lowest BCUT2D eigenvalue weighted by atomic mass is 10.1. The Hall–Kier alpha value is -3.08. The number of anilines is 2. The molecule has 0 spiro atoms. The summed E-state index contributed by atoms with van der Waals surface area (Å²) in [5.41, 5.74) is 2.03. The van der Waals surface area contributed by atoms with Crippen molar-refractivity contribution in [1.82, 2.24) is 30.2 Å². The number of nitrogens with zero attached hydrogens (tertiary/aromatic N) is 5. The van der Waals surface area contributed by atoms with Gasteiger partial charge in [-0.1, -0.05) is 29.3 Å². The van der Waals surface area contributed by atoms with Gasteiger partial charge in [0.05, 0.1) is 42.3 Å². The molecule has 1 aliphatic heterocycles. The Kier molecular flexibility index (Phi) is 6.63. The summed E-state index contributed by atoms with van der Waals surface area (Å²) in [6.45, 7) is 0.304. The van der Waals surface area contributed by atoms with Crippen molar-refractivity contribution >= 4 is 41.0 Å². The number of amides is 2. The topological polar surface area (TPSA) is 116 Å². The SMILES string of the molecule is O=C(N[C@H](CO)c1ccc(Cl)c(F)c1)N1CCc2cnc(Nc3cnc(Cl)cn3)nc2C1. The van der Waals surface area contributed by atoms with Crippen molar-refractivity contribution in [3.8, 4) is 0 Å². The highest BCUT2D eigenvalue weighted by molar-refractivity contribution is 6.30. The standard InChI is InChI=1S/C20H18Cl2FN7O2/c21-13-2-1-11(5-14(13)23)16(10-31)28-20(32)30-4-3-12-6-26-19(27-15(12)9-30)29-18-8-24-17(22)7-25-18/h1-2,5-8,16,31H,3-4,9-10H2,(H,28,32)(H,25,26,27,29)/t16-/m1/s1. The molecule has 0 aliphatic carbocycles. The van der Waals surface area contributed by atoms with Crippen LogP contribution in [0.2, 0.25) is 10.2 Å². The van der Waals surface area contributed by atoms with E-state index in [1.54, 1.807) is 17.2 Å². The molecular formula is C20H18Cl2FN7O2. The predicted molar refractivity (Wildman–Crippen MR) is 116 cm³/mol. The Labute approximate surface area is 192 Å². The number of rotatable bonds is 5. The van der Waals surface area contributed by atoms with Crippen molar-refractivity contribution in [3.63, 3.8) is 0 Å². The second-order valence-electron chi connectivity index (χ2n) is 7.04. The van der Waals surface area contributed by atoms with Gasteiger partial charge in [0.15, 0.2) is 5.82 Å². The third-order valence-corrected chi connectivity index (χ3v) is 5.42. The molecule has 2 amide bonds. The molecule has 12 heteroatoms. The lowest BCUT2D eigenvalue weighted by Crippen LogP contribution is -2.45. The van der Waals surface area contributed by atoms with Crippen molar-refractivity contribution < 1.29 is 14.3 Å². The van der Waals surface area contributed by atoms with Crippen molar-refractivity contribution in [2.45, 2.75) is 19.0 Å². The van der Waals surface area contributed by atoms with Gasteiger partial charge in [-0.15, -0.1) is 0 Å². The van der Waals surface area contributed by atoms with Crippen molar-refractivity contribution in [1.29, 1.82) is 0 Å². The van der Waals surface area contributed by atoms with Gasteiger partial charge >= 0.3 is 6.03 Å². The van der Waals surface area contributed by atoms with Gasteiger partial charge in [-0.2, -0.15) is 0 Å². The first kappa shape index (κ1) is 22.1. The van der Waals surface area contributed by atoms with Gasteiger partial charge in [0.1, 0.15) is 11.0 Å². The minimum atomic E-state index is -0.776. The number of carbonyl (C=O) groups is 1. The predicted octanol–water partition coefficient (Wildman–Crippen LogP) is 3.26. The molecular weight excluding hydrogens is 460 g/mol. The third-order valence-electron chi connectivity index (χ3n) is 4.92. The molecule has 0 bridgehead atoms. The minimum absolute atomic E-state index is 0.0296. The van der Waals surface area contributed by atoms with Crippen LogP contribution < -0.4 is 10.6 Å². The second kappa shape index (κ2) is 9.60. The Morgan fingerprint density at radius 3 is 2.78 bits per heavy atom. The lowest BCUT2D eigenvalue weighted by Gasteiger charge is -2.30. The van der Waals surface area contributed by atoms with Crippen molar-refractivity contribution in [2.24, 2.45) is 0 Å². The largest absolute Gasteiger partial charge is 0.394 e. The normalized spacial score (nSPS) is 13.9. The summed E-state index contributed by atoms with van der Waals surface area (Å²) in [7, 11) is 0. The summed E-state index contributed by atoms with van der Waals surface area (Å²) in [5.74, 6) is 0.124. The molecule has 1 atom stereocenters. The molecule has 0 radical (unpaired) electrons. The van der Waals surface area contributed by atoms with E-state index in [2.05, 4.69) is 30.6 Å². The Bertz CT molecular complexity index is 1130. The number of halogens is 3. The summed E-state index contributed by atoms with van der Waals surface area (Å²) in [6.07, 6.45) is 5.14. The molecule has 3 heterocycles. The summed E-state index contributed by atoms with van der Waals surface area (Å²) in [5, 5.41) is 15.6. The maximum Gasteiger partial charge on any atom is 0.318 e. The first-order valence-corrected chi connectivity index (χ1v) is 10.4. The van der Waals surface area contributed by atoms with E-state index in [0.717, 1.165) is 5.56 Å².